The van der Waals surface area contributed by atoms with Crippen molar-refractivity contribution in [2.75, 3.05) is 19.7 Å². The van der Waals surface area contributed by atoms with Gasteiger partial charge in [-0.3, -0.25) is 9.59 Å². The number of aliphatic hydroxyl groups is 1. The van der Waals surface area contributed by atoms with Crippen molar-refractivity contribution in [2.45, 2.75) is 37.3 Å². The summed E-state index contributed by atoms with van der Waals surface area (Å²) in [6, 6.07) is 14.9. The summed E-state index contributed by atoms with van der Waals surface area (Å²) in [5, 5.41) is 21.2. The molecule has 1 aliphatic heterocycles. The minimum atomic E-state index is -1.06. The van der Waals surface area contributed by atoms with E-state index in [1.165, 1.54) is 4.90 Å². The summed E-state index contributed by atoms with van der Waals surface area (Å²) in [5.74, 6) is -1.58. The minimum Gasteiger partial charge on any atom is -0.481 e. The van der Waals surface area contributed by atoms with E-state index in [2.05, 4.69) is 5.32 Å². The van der Waals surface area contributed by atoms with Crippen molar-refractivity contribution in [3.05, 3.63) is 59.7 Å². The van der Waals surface area contributed by atoms with Crippen molar-refractivity contribution >= 4 is 18.0 Å². The highest BCUT2D eigenvalue weighted by Crippen LogP contribution is 2.44. The Bertz CT molecular complexity index is 978. The fourth-order valence-electron chi connectivity index (χ4n) is 4.47. The van der Waals surface area contributed by atoms with Crippen LogP contribution in [0.15, 0.2) is 48.5 Å². The first-order chi connectivity index (χ1) is 15.4. The number of nitrogens with one attached hydrogen (secondary N) is 1. The lowest BCUT2D eigenvalue weighted by Crippen LogP contribution is -2.48. The van der Waals surface area contributed by atoms with E-state index in [-0.39, 0.29) is 31.9 Å². The summed E-state index contributed by atoms with van der Waals surface area (Å²) < 4.78 is 5.49. The average molecular weight is 438 g/mol. The van der Waals surface area contributed by atoms with Crippen LogP contribution in [-0.2, 0) is 14.3 Å². The highest BCUT2D eigenvalue weighted by molar-refractivity contribution is 5.86. The predicted octanol–water partition coefficient (Wildman–Crippen LogP) is 2.35. The molecule has 1 fully saturated rings. The maximum atomic E-state index is 12.8. The minimum absolute atomic E-state index is 0.0506. The van der Waals surface area contributed by atoms with E-state index < -0.39 is 30.1 Å². The van der Waals surface area contributed by atoms with Gasteiger partial charge >= 0.3 is 12.1 Å². The van der Waals surface area contributed by atoms with Gasteiger partial charge in [-0.15, -0.1) is 0 Å². The quantitative estimate of drug-likeness (QED) is 0.611. The SMILES string of the molecule is O=C(O)CCC(NC(=O)OCC1c2ccccc2-c2ccccc21)C(=O)N1CC[C@@H](O)C1. The van der Waals surface area contributed by atoms with Gasteiger partial charge in [-0.05, 0) is 35.1 Å². The van der Waals surface area contributed by atoms with Crippen LogP contribution in [0.5, 0.6) is 0 Å². The number of carbonyl (C=O) groups excluding carboxylic acids is 2. The van der Waals surface area contributed by atoms with Crippen molar-refractivity contribution in [1.82, 2.24) is 10.2 Å². The Kier molecular flexibility index (Phi) is 6.41. The maximum absolute atomic E-state index is 12.8. The van der Waals surface area contributed by atoms with Gasteiger partial charge in [-0.1, -0.05) is 48.5 Å². The molecule has 3 N–H and O–H groups in total. The zero-order valence-electron chi connectivity index (χ0n) is 17.6. The Morgan fingerprint density at radius 1 is 1.06 bits per heavy atom. The van der Waals surface area contributed by atoms with E-state index in [0.717, 1.165) is 22.3 Å². The lowest BCUT2D eigenvalue weighted by atomic mass is 9.98. The second kappa shape index (κ2) is 9.40. The van der Waals surface area contributed by atoms with Crippen molar-refractivity contribution in [1.29, 1.82) is 0 Å². The number of β-amino-alcohol motifs (C(OH)–C–C–N with tert-alkyl or cyclic N) is 1. The summed E-state index contributed by atoms with van der Waals surface area (Å²) in [7, 11) is 0. The molecule has 0 saturated carbocycles. The number of hydrogen-bond acceptors (Lipinski definition) is 5. The first-order valence-electron chi connectivity index (χ1n) is 10.7. The molecule has 2 aromatic rings. The zero-order valence-corrected chi connectivity index (χ0v) is 17.6. The van der Waals surface area contributed by atoms with Gasteiger partial charge < -0.3 is 25.2 Å². The molecule has 2 atom stereocenters. The number of likely N-dealkylation sites (tertiary alicyclic amines) is 1. The predicted molar refractivity (Wildman–Crippen MR) is 116 cm³/mol. The Labute approximate surface area is 185 Å². The molecule has 0 radical (unpaired) electrons. The van der Waals surface area contributed by atoms with Gasteiger partial charge in [-0.25, -0.2) is 4.79 Å². The number of hydrogen-bond donors (Lipinski definition) is 3. The van der Waals surface area contributed by atoms with Crippen LogP contribution in [0, 0.1) is 0 Å². The van der Waals surface area contributed by atoms with Crippen LogP contribution in [0.4, 0.5) is 4.79 Å². The molecule has 0 spiro atoms. The molecule has 32 heavy (non-hydrogen) atoms. The van der Waals surface area contributed by atoms with Gasteiger partial charge in [0, 0.05) is 25.4 Å². The highest BCUT2D eigenvalue weighted by Gasteiger charge is 2.33. The number of nitrogens with zero attached hydrogens (tertiary/aromatic N) is 1. The molecule has 0 bridgehead atoms. The third-order valence-electron chi connectivity index (χ3n) is 6.06. The fourth-order valence-corrected chi connectivity index (χ4v) is 4.47. The number of fused-ring (bicyclic) bond motifs is 3. The molecule has 4 rings (SSSR count). The van der Waals surface area contributed by atoms with Crippen LogP contribution in [0.3, 0.4) is 0 Å². The second-order valence-electron chi connectivity index (χ2n) is 8.18. The smallest absolute Gasteiger partial charge is 0.407 e. The average Bonchev–Trinajstić information content (AvgIpc) is 3.36. The number of aliphatic hydroxyl groups excluding tert-OH is 1. The maximum Gasteiger partial charge on any atom is 0.407 e. The Morgan fingerprint density at radius 3 is 2.25 bits per heavy atom. The number of ether oxygens (including phenoxy) is 1. The van der Waals surface area contributed by atoms with Crippen LogP contribution in [0.1, 0.15) is 36.3 Å². The first kappa shape index (κ1) is 21.8. The van der Waals surface area contributed by atoms with Crippen LogP contribution < -0.4 is 5.32 Å². The zero-order chi connectivity index (χ0) is 22.7. The second-order valence-corrected chi connectivity index (χ2v) is 8.18. The third-order valence-corrected chi connectivity index (χ3v) is 6.06. The van der Waals surface area contributed by atoms with E-state index in [1.807, 2.05) is 48.5 Å². The molecule has 2 amide bonds. The van der Waals surface area contributed by atoms with Gasteiger partial charge in [0.05, 0.1) is 6.10 Å². The summed E-state index contributed by atoms with van der Waals surface area (Å²) in [6.07, 6.45) is -1.23. The molecule has 8 heteroatoms. The number of aliphatic carboxylic acids is 1. The van der Waals surface area contributed by atoms with E-state index in [0.29, 0.717) is 13.0 Å². The van der Waals surface area contributed by atoms with Crippen molar-refractivity contribution in [3.8, 4) is 11.1 Å². The van der Waals surface area contributed by atoms with Crippen molar-refractivity contribution < 1.29 is 29.3 Å². The number of rotatable bonds is 7. The fraction of sp³-hybridized carbons (Fsp3) is 0.375. The highest BCUT2D eigenvalue weighted by atomic mass is 16.5. The lowest BCUT2D eigenvalue weighted by Gasteiger charge is -2.24. The van der Waals surface area contributed by atoms with Crippen molar-refractivity contribution in [2.24, 2.45) is 0 Å². The number of carboxylic acid groups (broad SMARTS) is 1. The number of carbonyl (C=O) groups is 3. The summed E-state index contributed by atoms with van der Waals surface area (Å²) in [6.45, 7) is 0.646. The molecule has 2 aliphatic rings. The molecule has 8 nitrogen and oxygen atoms in total. The standard InChI is InChI=1S/C24H26N2O6/c27-15-11-12-26(13-15)23(30)21(9-10-22(28)29)25-24(31)32-14-20-18-7-3-1-5-16(18)17-6-2-4-8-19(17)20/h1-8,15,20-21,27H,9-14H2,(H,25,31)(H,28,29)/t15-,21?/m1/s1. The van der Waals surface area contributed by atoms with Gasteiger partial charge in [0.1, 0.15) is 12.6 Å². The molecule has 168 valence electrons. The van der Waals surface area contributed by atoms with Crippen LogP contribution >= 0.6 is 0 Å². The van der Waals surface area contributed by atoms with Gasteiger partial charge in [-0.2, -0.15) is 0 Å². The molecular formula is C24H26N2O6. The van der Waals surface area contributed by atoms with Gasteiger partial charge in [0.15, 0.2) is 0 Å². The molecule has 1 heterocycles. The third kappa shape index (κ3) is 4.60. The van der Waals surface area contributed by atoms with E-state index in [4.69, 9.17) is 9.84 Å². The molecule has 1 saturated heterocycles. The lowest BCUT2D eigenvalue weighted by molar-refractivity contribution is -0.138. The van der Waals surface area contributed by atoms with E-state index in [1.54, 1.807) is 0 Å². The first-order valence-corrected chi connectivity index (χ1v) is 10.7. The van der Waals surface area contributed by atoms with Crippen LogP contribution in [-0.4, -0.2) is 64.9 Å². The number of carboxylic acids is 1. The largest absolute Gasteiger partial charge is 0.481 e. The molecule has 1 aliphatic carbocycles. The van der Waals surface area contributed by atoms with Gasteiger partial charge in [0.25, 0.3) is 0 Å². The molecular weight excluding hydrogens is 412 g/mol. The van der Waals surface area contributed by atoms with Gasteiger partial charge in [0.2, 0.25) is 5.91 Å². The van der Waals surface area contributed by atoms with Crippen LogP contribution in [0.25, 0.3) is 11.1 Å². The summed E-state index contributed by atoms with van der Waals surface area (Å²) in [5.41, 5.74) is 4.37. The topological polar surface area (TPSA) is 116 Å². The summed E-state index contributed by atoms with van der Waals surface area (Å²) in [4.78, 5) is 37.8. The Balaban J connectivity index is 1.42. The number of amides is 2. The normalized spacial score (nSPS) is 18.0. The molecule has 0 aromatic heterocycles. The molecule has 2 aromatic carbocycles. The van der Waals surface area contributed by atoms with Crippen molar-refractivity contribution in [3.63, 3.8) is 0 Å². The Hall–Kier alpha value is -3.39. The number of benzene rings is 2. The molecule has 1 unspecified atom stereocenters. The van der Waals surface area contributed by atoms with E-state index in [9.17, 15) is 19.5 Å². The van der Waals surface area contributed by atoms with E-state index >= 15 is 0 Å². The Morgan fingerprint density at radius 2 is 1.69 bits per heavy atom. The monoisotopic (exact) mass is 438 g/mol. The summed E-state index contributed by atoms with van der Waals surface area (Å²) >= 11 is 0. The van der Waals surface area contributed by atoms with Crippen LogP contribution in [0.2, 0.25) is 0 Å². The number of alkyl carbamates (subject to hydrolysis) is 1.